The topological polar surface area (TPSA) is 66.4 Å². The minimum absolute atomic E-state index is 0.0388. The van der Waals surface area contributed by atoms with Crippen LogP contribution in [-0.4, -0.2) is 38.2 Å². The molecule has 0 aromatic heterocycles. The lowest BCUT2D eigenvalue weighted by Crippen LogP contribution is -2.37. The molecule has 0 aliphatic rings. The number of halogens is 1. The molecule has 2 N–H and O–H groups in total. The first kappa shape index (κ1) is 15.4. The van der Waals surface area contributed by atoms with Crippen LogP contribution in [-0.2, 0) is 9.84 Å². The standard InChI is InChI=1S/C12H18ClNO3S/c1-9(8-18(2,16)17)14-12(7-15)10-3-5-11(13)6-4-10/h3-6,9,12,14-15H,7-8H2,1-2H3. The van der Waals surface area contributed by atoms with E-state index in [1.807, 2.05) is 12.1 Å². The van der Waals surface area contributed by atoms with Gasteiger partial charge >= 0.3 is 0 Å². The van der Waals surface area contributed by atoms with Crippen LogP contribution in [0.2, 0.25) is 5.02 Å². The van der Waals surface area contributed by atoms with Crippen LogP contribution in [0, 0.1) is 0 Å². The second kappa shape index (κ2) is 6.52. The predicted octanol–water partition coefficient (Wildman–Crippen LogP) is 1.40. The number of hydrogen-bond donors (Lipinski definition) is 2. The summed E-state index contributed by atoms with van der Waals surface area (Å²) >= 11 is 5.79. The quantitative estimate of drug-likeness (QED) is 0.831. The Balaban J connectivity index is 2.70. The summed E-state index contributed by atoms with van der Waals surface area (Å²) in [5, 5.41) is 13.1. The van der Waals surface area contributed by atoms with Crippen LogP contribution >= 0.6 is 11.6 Å². The van der Waals surface area contributed by atoms with Crippen LogP contribution in [0.25, 0.3) is 0 Å². The largest absolute Gasteiger partial charge is 0.394 e. The van der Waals surface area contributed by atoms with Gasteiger partial charge in [0, 0.05) is 17.3 Å². The summed E-state index contributed by atoms with van der Waals surface area (Å²) in [4.78, 5) is 0. The van der Waals surface area contributed by atoms with Crippen molar-refractivity contribution < 1.29 is 13.5 Å². The molecule has 102 valence electrons. The van der Waals surface area contributed by atoms with Crippen LogP contribution in [0.4, 0.5) is 0 Å². The van der Waals surface area contributed by atoms with Gasteiger partial charge < -0.3 is 10.4 Å². The Morgan fingerprint density at radius 2 is 1.89 bits per heavy atom. The Morgan fingerprint density at radius 1 is 1.33 bits per heavy atom. The molecule has 0 radical (unpaired) electrons. The normalized spacial score (nSPS) is 15.3. The fourth-order valence-corrected chi connectivity index (χ4v) is 2.93. The Bertz CT molecular complexity index is 473. The molecule has 4 nitrogen and oxygen atoms in total. The third-order valence-electron chi connectivity index (χ3n) is 2.49. The molecule has 0 saturated carbocycles. The van der Waals surface area contributed by atoms with E-state index in [4.69, 9.17) is 11.6 Å². The van der Waals surface area contributed by atoms with Crippen LogP contribution < -0.4 is 5.32 Å². The summed E-state index contributed by atoms with van der Waals surface area (Å²) in [6, 6.07) is 6.57. The highest BCUT2D eigenvalue weighted by Crippen LogP contribution is 2.16. The van der Waals surface area contributed by atoms with E-state index in [2.05, 4.69) is 5.32 Å². The monoisotopic (exact) mass is 291 g/mol. The van der Waals surface area contributed by atoms with E-state index in [1.54, 1.807) is 19.1 Å². The first-order valence-corrected chi connectivity index (χ1v) is 8.06. The maximum atomic E-state index is 11.2. The van der Waals surface area contributed by atoms with E-state index in [0.29, 0.717) is 5.02 Å². The number of nitrogens with one attached hydrogen (secondary N) is 1. The molecule has 0 amide bonds. The smallest absolute Gasteiger partial charge is 0.148 e. The van der Waals surface area contributed by atoms with Crippen molar-refractivity contribution in [2.24, 2.45) is 0 Å². The van der Waals surface area contributed by atoms with E-state index in [-0.39, 0.29) is 24.4 Å². The van der Waals surface area contributed by atoms with Gasteiger partial charge in [0.15, 0.2) is 0 Å². The van der Waals surface area contributed by atoms with Gasteiger partial charge in [-0.05, 0) is 24.6 Å². The molecule has 2 unspecified atom stereocenters. The van der Waals surface area contributed by atoms with E-state index >= 15 is 0 Å². The summed E-state index contributed by atoms with van der Waals surface area (Å²) in [6.45, 7) is 1.68. The summed E-state index contributed by atoms with van der Waals surface area (Å²) in [5.74, 6) is 0.0388. The van der Waals surface area contributed by atoms with E-state index in [9.17, 15) is 13.5 Å². The molecule has 0 aliphatic heterocycles. The highest BCUT2D eigenvalue weighted by Gasteiger charge is 2.16. The van der Waals surface area contributed by atoms with Crippen LogP contribution in [0.3, 0.4) is 0 Å². The maximum absolute atomic E-state index is 11.2. The van der Waals surface area contributed by atoms with Gasteiger partial charge in [0.25, 0.3) is 0 Å². The molecule has 18 heavy (non-hydrogen) atoms. The number of sulfone groups is 1. The van der Waals surface area contributed by atoms with Crippen molar-refractivity contribution in [3.8, 4) is 0 Å². The van der Waals surface area contributed by atoms with Gasteiger partial charge in [-0.15, -0.1) is 0 Å². The van der Waals surface area contributed by atoms with Crippen LogP contribution in [0.1, 0.15) is 18.5 Å². The van der Waals surface area contributed by atoms with Crippen molar-refractivity contribution in [3.05, 3.63) is 34.9 Å². The molecular weight excluding hydrogens is 274 g/mol. The fourth-order valence-electron chi connectivity index (χ4n) is 1.80. The lowest BCUT2D eigenvalue weighted by molar-refractivity contribution is 0.237. The average molecular weight is 292 g/mol. The molecule has 1 rings (SSSR count). The van der Waals surface area contributed by atoms with Gasteiger partial charge in [-0.2, -0.15) is 0 Å². The van der Waals surface area contributed by atoms with Gasteiger partial charge in [0.2, 0.25) is 0 Å². The van der Waals surface area contributed by atoms with Gasteiger partial charge in [-0.25, -0.2) is 8.42 Å². The zero-order valence-corrected chi connectivity index (χ0v) is 12.0. The third kappa shape index (κ3) is 5.35. The second-order valence-electron chi connectivity index (χ2n) is 4.45. The van der Waals surface area contributed by atoms with Gasteiger partial charge in [-0.3, -0.25) is 0 Å². The highest BCUT2D eigenvalue weighted by molar-refractivity contribution is 7.90. The lowest BCUT2D eigenvalue weighted by atomic mass is 10.1. The van der Waals surface area contributed by atoms with Crippen molar-refractivity contribution in [2.45, 2.75) is 19.0 Å². The van der Waals surface area contributed by atoms with Gasteiger partial charge in [0.1, 0.15) is 9.84 Å². The Labute approximate surface area is 113 Å². The number of hydrogen-bond acceptors (Lipinski definition) is 4. The second-order valence-corrected chi connectivity index (χ2v) is 7.07. The minimum Gasteiger partial charge on any atom is -0.394 e. The Morgan fingerprint density at radius 3 is 2.33 bits per heavy atom. The first-order chi connectivity index (χ1) is 8.31. The molecule has 0 bridgehead atoms. The number of rotatable bonds is 6. The van der Waals surface area contributed by atoms with E-state index in [1.165, 1.54) is 6.26 Å². The molecule has 0 saturated heterocycles. The van der Waals surface area contributed by atoms with Crippen molar-refractivity contribution in [2.75, 3.05) is 18.6 Å². The SMILES string of the molecule is CC(CS(C)(=O)=O)NC(CO)c1ccc(Cl)cc1. The summed E-state index contributed by atoms with van der Waals surface area (Å²) in [5.41, 5.74) is 0.877. The average Bonchev–Trinajstić information content (AvgIpc) is 2.25. The van der Waals surface area contributed by atoms with E-state index in [0.717, 1.165) is 5.56 Å². The zero-order valence-electron chi connectivity index (χ0n) is 10.4. The van der Waals surface area contributed by atoms with Gasteiger partial charge in [-0.1, -0.05) is 23.7 Å². The summed E-state index contributed by atoms with van der Waals surface area (Å²) in [6.07, 6.45) is 1.20. The number of aliphatic hydroxyl groups is 1. The van der Waals surface area contributed by atoms with Crippen molar-refractivity contribution in [1.29, 1.82) is 0 Å². The highest BCUT2D eigenvalue weighted by atomic mass is 35.5. The molecule has 0 spiro atoms. The zero-order chi connectivity index (χ0) is 13.8. The first-order valence-electron chi connectivity index (χ1n) is 5.62. The fraction of sp³-hybridized carbons (Fsp3) is 0.500. The summed E-state index contributed by atoms with van der Waals surface area (Å²) in [7, 11) is -3.03. The molecule has 0 fully saturated rings. The molecule has 0 heterocycles. The number of aliphatic hydroxyl groups excluding tert-OH is 1. The van der Waals surface area contributed by atoms with Crippen molar-refractivity contribution in [1.82, 2.24) is 5.32 Å². The molecular formula is C12H18ClNO3S. The minimum atomic E-state index is -3.03. The third-order valence-corrected chi connectivity index (χ3v) is 3.85. The number of benzene rings is 1. The van der Waals surface area contributed by atoms with E-state index < -0.39 is 9.84 Å². The van der Waals surface area contributed by atoms with Crippen molar-refractivity contribution >= 4 is 21.4 Å². The Hall–Kier alpha value is -0.620. The molecule has 6 heteroatoms. The molecule has 2 atom stereocenters. The predicted molar refractivity (Wildman–Crippen MR) is 73.6 cm³/mol. The van der Waals surface area contributed by atoms with Crippen LogP contribution in [0.15, 0.2) is 24.3 Å². The molecule has 1 aromatic carbocycles. The molecule has 0 aliphatic carbocycles. The molecule has 1 aromatic rings. The lowest BCUT2D eigenvalue weighted by Gasteiger charge is -2.21. The Kier molecular flexibility index (Phi) is 5.59. The maximum Gasteiger partial charge on any atom is 0.148 e. The van der Waals surface area contributed by atoms with Crippen molar-refractivity contribution in [3.63, 3.8) is 0 Å². The summed E-state index contributed by atoms with van der Waals surface area (Å²) < 4.78 is 22.3. The van der Waals surface area contributed by atoms with Gasteiger partial charge in [0.05, 0.1) is 18.4 Å². The van der Waals surface area contributed by atoms with Crippen LogP contribution in [0.5, 0.6) is 0 Å².